The number of nitrogens with zero attached hydrogens (tertiary/aromatic N) is 2. The van der Waals surface area contributed by atoms with E-state index >= 15 is 0 Å². The molecule has 2 aromatic rings. The van der Waals surface area contributed by atoms with Crippen LogP contribution in [0, 0.1) is 0 Å². The van der Waals surface area contributed by atoms with E-state index in [9.17, 15) is 14.7 Å². The highest BCUT2D eigenvalue weighted by Crippen LogP contribution is 2.25. The van der Waals surface area contributed by atoms with Crippen LogP contribution in [0.5, 0.6) is 0 Å². The van der Waals surface area contributed by atoms with Crippen molar-refractivity contribution in [1.82, 2.24) is 9.88 Å². The van der Waals surface area contributed by atoms with Crippen molar-refractivity contribution in [2.45, 2.75) is 39.2 Å². The third-order valence-electron chi connectivity index (χ3n) is 3.66. The zero-order chi connectivity index (χ0) is 18.2. The summed E-state index contributed by atoms with van der Waals surface area (Å²) in [5.41, 5.74) is 0.929. The van der Waals surface area contributed by atoms with Crippen molar-refractivity contribution in [3.8, 4) is 0 Å². The second kappa shape index (κ2) is 9.17. The molecule has 0 spiro atoms. The molecular formula is C18H23N3O3S. The van der Waals surface area contributed by atoms with Crippen molar-refractivity contribution in [3.05, 3.63) is 47.0 Å². The normalized spacial score (nSPS) is 10.7. The third kappa shape index (κ3) is 6.19. The van der Waals surface area contributed by atoms with Gasteiger partial charge in [-0.05, 0) is 17.9 Å². The fourth-order valence-corrected chi connectivity index (χ4v) is 3.10. The molecule has 0 saturated carbocycles. The molecule has 2 N–H and O–H groups in total. The molecule has 0 unspecified atom stereocenters. The second-order valence-electron chi connectivity index (χ2n) is 6.06. The zero-order valence-electron chi connectivity index (χ0n) is 14.4. The molecule has 1 aromatic carbocycles. The molecule has 6 nitrogen and oxygen atoms in total. The minimum atomic E-state index is -0.981. The molecule has 0 bridgehead atoms. The Bertz CT molecular complexity index is 701. The number of rotatable bonds is 8. The summed E-state index contributed by atoms with van der Waals surface area (Å²) in [4.78, 5) is 30.0. The molecule has 0 aliphatic carbocycles. The first kappa shape index (κ1) is 18.9. The molecule has 7 heteroatoms. The van der Waals surface area contributed by atoms with E-state index in [2.05, 4.69) is 24.1 Å². The molecule has 0 radical (unpaired) electrons. The largest absolute Gasteiger partial charge is 0.465 e. The molecule has 25 heavy (non-hydrogen) atoms. The Balaban J connectivity index is 1.78. The topological polar surface area (TPSA) is 82.5 Å². The van der Waals surface area contributed by atoms with Crippen molar-refractivity contribution in [2.75, 3.05) is 11.9 Å². The Hall–Kier alpha value is -2.41. The van der Waals surface area contributed by atoms with Crippen molar-refractivity contribution in [3.63, 3.8) is 0 Å². The highest BCUT2D eigenvalue weighted by atomic mass is 32.1. The fourth-order valence-electron chi connectivity index (χ4n) is 2.27. The van der Waals surface area contributed by atoms with E-state index in [1.165, 1.54) is 16.2 Å². The number of amides is 2. The Morgan fingerprint density at radius 3 is 2.60 bits per heavy atom. The minimum absolute atomic E-state index is 0.144. The Morgan fingerprint density at radius 1 is 1.28 bits per heavy atom. The zero-order valence-corrected chi connectivity index (χ0v) is 15.3. The number of nitrogens with one attached hydrogen (secondary N) is 1. The standard InChI is InChI=1S/C18H23N3O3S/c1-13(2)15-11-19-17(25-15)20-16(22)9-6-10-21(18(23)24)12-14-7-4-3-5-8-14/h3-5,7-8,11,13H,6,9-10,12H2,1-2H3,(H,23,24)(H,19,20,22). The summed E-state index contributed by atoms with van der Waals surface area (Å²) in [6, 6.07) is 9.42. The van der Waals surface area contributed by atoms with E-state index in [1.807, 2.05) is 30.3 Å². The van der Waals surface area contributed by atoms with E-state index in [-0.39, 0.29) is 12.3 Å². The molecule has 2 rings (SSSR count). The number of aromatic nitrogens is 1. The summed E-state index contributed by atoms with van der Waals surface area (Å²) < 4.78 is 0. The van der Waals surface area contributed by atoms with Gasteiger partial charge in [-0.2, -0.15) is 0 Å². The van der Waals surface area contributed by atoms with Crippen LogP contribution in [0.1, 0.15) is 43.0 Å². The van der Waals surface area contributed by atoms with Crippen LogP contribution in [0.3, 0.4) is 0 Å². The molecule has 1 aromatic heterocycles. The Labute approximate surface area is 151 Å². The lowest BCUT2D eigenvalue weighted by atomic mass is 10.2. The van der Waals surface area contributed by atoms with Crippen LogP contribution in [0.15, 0.2) is 36.5 Å². The van der Waals surface area contributed by atoms with E-state index in [4.69, 9.17) is 0 Å². The summed E-state index contributed by atoms with van der Waals surface area (Å²) >= 11 is 1.47. The predicted molar refractivity (Wildman–Crippen MR) is 98.9 cm³/mol. The monoisotopic (exact) mass is 361 g/mol. The van der Waals surface area contributed by atoms with Crippen LogP contribution < -0.4 is 5.32 Å². The Kier molecular flexibility index (Phi) is 6.94. The molecule has 0 aliphatic heterocycles. The first-order valence-corrected chi connectivity index (χ1v) is 9.04. The van der Waals surface area contributed by atoms with Crippen LogP contribution in [0.2, 0.25) is 0 Å². The van der Waals surface area contributed by atoms with Crippen molar-refractivity contribution in [1.29, 1.82) is 0 Å². The molecule has 2 amide bonds. The van der Waals surface area contributed by atoms with Gasteiger partial charge in [0.1, 0.15) is 0 Å². The van der Waals surface area contributed by atoms with Crippen molar-refractivity contribution in [2.24, 2.45) is 0 Å². The molecule has 0 atom stereocenters. The molecule has 0 saturated heterocycles. The van der Waals surface area contributed by atoms with Gasteiger partial charge in [0, 0.05) is 30.6 Å². The van der Waals surface area contributed by atoms with Gasteiger partial charge in [0.25, 0.3) is 0 Å². The van der Waals surface area contributed by atoms with Gasteiger partial charge in [0.05, 0.1) is 0 Å². The highest BCUT2D eigenvalue weighted by Gasteiger charge is 2.14. The molecular weight excluding hydrogens is 338 g/mol. The van der Waals surface area contributed by atoms with Gasteiger partial charge >= 0.3 is 6.09 Å². The quantitative estimate of drug-likeness (QED) is 0.739. The smallest absolute Gasteiger partial charge is 0.407 e. The second-order valence-corrected chi connectivity index (χ2v) is 7.13. The maximum absolute atomic E-state index is 12.0. The van der Waals surface area contributed by atoms with Crippen molar-refractivity contribution < 1.29 is 14.7 Å². The molecule has 1 heterocycles. The fraction of sp³-hybridized carbons (Fsp3) is 0.389. The van der Waals surface area contributed by atoms with Crippen LogP contribution >= 0.6 is 11.3 Å². The highest BCUT2D eigenvalue weighted by molar-refractivity contribution is 7.15. The van der Waals surface area contributed by atoms with E-state index in [1.54, 1.807) is 6.20 Å². The summed E-state index contributed by atoms with van der Waals surface area (Å²) in [5, 5.41) is 12.7. The lowest BCUT2D eigenvalue weighted by molar-refractivity contribution is -0.116. The number of thiazole rings is 1. The maximum atomic E-state index is 12.0. The van der Waals surface area contributed by atoms with E-state index in [0.717, 1.165) is 10.4 Å². The molecule has 0 aliphatic rings. The number of hydrogen-bond donors (Lipinski definition) is 2. The summed E-state index contributed by atoms with van der Waals surface area (Å²) in [7, 11) is 0. The molecule has 0 fully saturated rings. The minimum Gasteiger partial charge on any atom is -0.465 e. The SMILES string of the molecule is CC(C)c1cnc(NC(=O)CCCN(Cc2ccccc2)C(=O)O)s1. The van der Waals surface area contributed by atoms with Crippen LogP contribution in [-0.2, 0) is 11.3 Å². The lowest BCUT2D eigenvalue weighted by Crippen LogP contribution is -2.30. The summed E-state index contributed by atoms with van der Waals surface area (Å²) in [6.07, 6.45) is 1.52. The van der Waals surface area contributed by atoms with Gasteiger partial charge in [-0.1, -0.05) is 44.2 Å². The Morgan fingerprint density at radius 2 is 2.00 bits per heavy atom. The summed E-state index contributed by atoms with van der Waals surface area (Å²) in [5.74, 6) is 0.236. The van der Waals surface area contributed by atoms with Gasteiger partial charge in [-0.25, -0.2) is 9.78 Å². The number of anilines is 1. The van der Waals surface area contributed by atoms with Gasteiger partial charge in [0.2, 0.25) is 5.91 Å². The maximum Gasteiger partial charge on any atom is 0.407 e. The predicted octanol–water partition coefficient (Wildman–Crippen LogP) is 4.17. The van der Waals surface area contributed by atoms with Gasteiger partial charge in [-0.3, -0.25) is 4.79 Å². The number of hydrogen-bond acceptors (Lipinski definition) is 4. The van der Waals surface area contributed by atoms with Gasteiger partial charge in [0.15, 0.2) is 5.13 Å². The first-order valence-electron chi connectivity index (χ1n) is 8.23. The van der Waals surface area contributed by atoms with E-state index in [0.29, 0.717) is 30.6 Å². The average Bonchev–Trinajstić information content (AvgIpc) is 3.03. The number of carbonyl (C=O) groups is 2. The van der Waals surface area contributed by atoms with Crippen LogP contribution in [0.25, 0.3) is 0 Å². The van der Waals surface area contributed by atoms with E-state index < -0.39 is 6.09 Å². The van der Waals surface area contributed by atoms with Gasteiger partial charge in [-0.15, -0.1) is 11.3 Å². The lowest BCUT2D eigenvalue weighted by Gasteiger charge is -2.19. The van der Waals surface area contributed by atoms with Crippen molar-refractivity contribution >= 4 is 28.5 Å². The number of benzene rings is 1. The van der Waals surface area contributed by atoms with Crippen LogP contribution in [0.4, 0.5) is 9.93 Å². The molecule has 134 valence electrons. The van der Waals surface area contributed by atoms with Crippen LogP contribution in [-0.4, -0.2) is 33.5 Å². The third-order valence-corrected chi connectivity index (χ3v) is 4.87. The van der Waals surface area contributed by atoms with Gasteiger partial charge < -0.3 is 15.3 Å². The first-order chi connectivity index (χ1) is 12.0. The number of carbonyl (C=O) groups excluding carboxylic acids is 1. The summed E-state index contributed by atoms with van der Waals surface area (Å²) in [6.45, 7) is 4.79. The number of carboxylic acid groups (broad SMARTS) is 1. The average molecular weight is 361 g/mol.